The van der Waals surface area contributed by atoms with Crippen molar-refractivity contribution in [3.05, 3.63) is 0 Å². The third-order valence-electron chi connectivity index (χ3n) is 4.85. The minimum atomic E-state index is 0.0465. The standard InChI is InChI=1S/C17H32N4O/c1-21(2)16(22)13-19-17(20-15-10-6-7-11-15)18-12-14-8-4-3-5-9-14/h14-15H,3-13H2,1-2H3,(H2,18,19,20). The molecule has 5 nitrogen and oxygen atoms in total. The number of hydrogen-bond acceptors (Lipinski definition) is 2. The van der Waals surface area contributed by atoms with Crippen LogP contribution in [0.2, 0.25) is 0 Å². The van der Waals surface area contributed by atoms with Gasteiger partial charge in [-0.25, -0.2) is 4.99 Å². The first kappa shape index (κ1) is 17.1. The van der Waals surface area contributed by atoms with Crippen LogP contribution in [-0.4, -0.2) is 50.0 Å². The van der Waals surface area contributed by atoms with Crippen LogP contribution in [0.15, 0.2) is 4.99 Å². The SMILES string of the molecule is CN(C)C(=O)CN=C(NCC1CCCCC1)NC1CCCC1. The first-order valence-corrected chi connectivity index (χ1v) is 8.90. The number of rotatable bonds is 5. The molecule has 0 heterocycles. The highest BCUT2D eigenvalue weighted by molar-refractivity contribution is 5.84. The van der Waals surface area contributed by atoms with Gasteiger partial charge in [-0.3, -0.25) is 4.79 Å². The van der Waals surface area contributed by atoms with E-state index in [2.05, 4.69) is 15.6 Å². The molecule has 0 unspecified atom stereocenters. The van der Waals surface area contributed by atoms with Gasteiger partial charge in [0, 0.05) is 26.7 Å². The maximum Gasteiger partial charge on any atom is 0.243 e. The van der Waals surface area contributed by atoms with Crippen LogP contribution in [-0.2, 0) is 4.79 Å². The van der Waals surface area contributed by atoms with E-state index in [0.29, 0.717) is 6.04 Å². The van der Waals surface area contributed by atoms with E-state index < -0.39 is 0 Å². The number of nitrogens with zero attached hydrogens (tertiary/aromatic N) is 2. The van der Waals surface area contributed by atoms with Gasteiger partial charge in [0.25, 0.3) is 0 Å². The van der Waals surface area contributed by atoms with E-state index in [4.69, 9.17) is 0 Å². The number of amides is 1. The summed E-state index contributed by atoms with van der Waals surface area (Å²) in [5, 5.41) is 7.00. The van der Waals surface area contributed by atoms with Crippen molar-refractivity contribution in [3.8, 4) is 0 Å². The Labute approximate surface area is 134 Å². The zero-order chi connectivity index (χ0) is 15.8. The Hall–Kier alpha value is -1.26. The van der Waals surface area contributed by atoms with E-state index in [0.717, 1.165) is 18.4 Å². The Morgan fingerprint density at radius 3 is 2.32 bits per heavy atom. The number of carbonyl (C=O) groups excluding carboxylic acids is 1. The van der Waals surface area contributed by atoms with Gasteiger partial charge in [-0.15, -0.1) is 0 Å². The second-order valence-electron chi connectivity index (χ2n) is 6.96. The van der Waals surface area contributed by atoms with Gasteiger partial charge >= 0.3 is 0 Å². The summed E-state index contributed by atoms with van der Waals surface area (Å²) in [5.74, 6) is 1.63. The molecule has 0 aromatic rings. The first-order valence-electron chi connectivity index (χ1n) is 8.90. The lowest BCUT2D eigenvalue weighted by atomic mass is 9.89. The minimum absolute atomic E-state index is 0.0465. The largest absolute Gasteiger partial charge is 0.356 e. The molecular formula is C17H32N4O. The number of carbonyl (C=O) groups is 1. The van der Waals surface area contributed by atoms with E-state index in [1.807, 2.05) is 0 Å². The molecule has 2 fully saturated rings. The second-order valence-corrected chi connectivity index (χ2v) is 6.96. The number of hydrogen-bond donors (Lipinski definition) is 2. The van der Waals surface area contributed by atoms with Crippen molar-refractivity contribution >= 4 is 11.9 Å². The van der Waals surface area contributed by atoms with Crippen molar-refractivity contribution in [2.24, 2.45) is 10.9 Å². The predicted molar refractivity (Wildman–Crippen MR) is 91.0 cm³/mol. The van der Waals surface area contributed by atoms with Gasteiger partial charge in [0.15, 0.2) is 5.96 Å². The summed E-state index contributed by atoms with van der Waals surface area (Å²) >= 11 is 0. The summed E-state index contributed by atoms with van der Waals surface area (Å²) in [4.78, 5) is 17.8. The Kier molecular flexibility index (Phi) is 7.00. The normalized spacial score (nSPS) is 20.9. The average molecular weight is 308 g/mol. The molecule has 0 aliphatic heterocycles. The van der Waals surface area contributed by atoms with E-state index in [-0.39, 0.29) is 12.5 Å². The molecule has 0 bridgehead atoms. The summed E-state index contributed by atoms with van der Waals surface area (Å²) in [5.41, 5.74) is 0. The molecule has 22 heavy (non-hydrogen) atoms. The van der Waals surface area contributed by atoms with Gasteiger partial charge in [-0.05, 0) is 31.6 Å². The zero-order valence-corrected chi connectivity index (χ0v) is 14.2. The molecule has 2 saturated carbocycles. The molecule has 0 aromatic heterocycles. The molecule has 1 amide bonds. The highest BCUT2D eigenvalue weighted by Crippen LogP contribution is 2.22. The summed E-state index contributed by atoms with van der Waals surface area (Å²) in [6, 6.07) is 0.520. The molecule has 0 saturated heterocycles. The van der Waals surface area contributed by atoms with Crippen molar-refractivity contribution < 1.29 is 4.79 Å². The lowest BCUT2D eigenvalue weighted by Gasteiger charge is -2.24. The third-order valence-corrected chi connectivity index (χ3v) is 4.85. The van der Waals surface area contributed by atoms with Gasteiger partial charge in [0.2, 0.25) is 5.91 Å². The van der Waals surface area contributed by atoms with E-state index in [1.165, 1.54) is 57.8 Å². The lowest BCUT2D eigenvalue weighted by Crippen LogP contribution is -2.44. The van der Waals surface area contributed by atoms with Crippen LogP contribution >= 0.6 is 0 Å². The summed E-state index contributed by atoms with van der Waals surface area (Å²) < 4.78 is 0. The zero-order valence-electron chi connectivity index (χ0n) is 14.2. The summed E-state index contributed by atoms with van der Waals surface area (Å²) in [7, 11) is 3.55. The lowest BCUT2D eigenvalue weighted by molar-refractivity contribution is -0.127. The Bertz CT molecular complexity index is 369. The van der Waals surface area contributed by atoms with Crippen LogP contribution in [0.1, 0.15) is 57.8 Å². The smallest absolute Gasteiger partial charge is 0.243 e. The maximum atomic E-state index is 11.8. The van der Waals surface area contributed by atoms with Gasteiger partial charge in [-0.1, -0.05) is 32.1 Å². The molecular weight excluding hydrogens is 276 g/mol. The Morgan fingerprint density at radius 1 is 1.05 bits per heavy atom. The van der Waals surface area contributed by atoms with Gasteiger partial charge < -0.3 is 15.5 Å². The molecule has 5 heteroatoms. The van der Waals surface area contributed by atoms with Gasteiger partial charge in [-0.2, -0.15) is 0 Å². The highest BCUT2D eigenvalue weighted by Gasteiger charge is 2.18. The fraction of sp³-hybridized carbons (Fsp3) is 0.882. The maximum absolute atomic E-state index is 11.8. The van der Waals surface area contributed by atoms with Crippen LogP contribution in [0.25, 0.3) is 0 Å². The van der Waals surface area contributed by atoms with Crippen molar-refractivity contribution in [1.82, 2.24) is 15.5 Å². The van der Waals surface area contributed by atoms with Crippen LogP contribution in [0.4, 0.5) is 0 Å². The Balaban J connectivity index is 1.84. The second kappa shape index (κ2) is 9.01. The molecule has 2 aliphatic rings. The van der Waals surface area contributed by atoms with Crippen LogP contribution in [0.5, 0.6) is 0 Å². The number of likely N-dealkylation sites (N-methyl/N-ethyl adjacent to an activating group) is 1. The van der Waals surface area contributed by atoms with Gasteiger partial charge in [0.05, 0.1) is 0 Å². The molecule has 2 N–H and O–H groups in total. The predicted octanol–water partition coefficient (Wildman–Crippen LogP) is 2.13. The molecule has 2 rings (SSSR count). The number of aliphatic imine (C=N–C) groups is 1. The van der Waals surface area contributed by atoms with Crippen molar-refractivity contribution in [3.63, 3.8) is 0 Å². The van der Waals surface area contributed by atoms with E-state index in [1.54, 1.807) is 19.0 Å². The molecule has 2 aliphatic carbocycles. The van der Waals surface area contributed by atoms with Crippen molar-refractivity contribution in [2.75, 3.05) is 27.2 Å². The van der Waals surface area contributed by atoms with E-state index in [9.17, 15) is 4.79 Å². The summed E-state index contributed by atoms with van der Waals surface area (Å²) in [6.45, 7) is 1.20. The monoisotopic (exact) mass is 308 g/mol. The quantitative estimate of drug-likeness (QED) is 0.604. The van der Waals surface area contributed by atoms with Crippen LogP contribution in [0, 0.1) is 5.92 Å². The minimum Gasteiger partial charge on any atom is -0.356 e. The van der Waals surface area contributed by atoms with E-state index >= 15 is 0 Å². The molecule has 0 atom stereocenters. The molecule has 0 radical (unpaired) electrons. The topological polar surface area (TPSA) is 56.7 Å². The Morgan fingerprint density at radius 2 is 1.68 bits per heavy atom. The van der Waals surface area contributed by atoms with Crippen LogP contribution < -0.4 is 10.6 Å². The number of guanidine groups is 1. The average Bonchev–Trinajstić information content (AvgIpc) is 3.03. The highest BCUT2D eigenvalue weighted by atomic mass is 16.2. The van der Waals surface area contributed by atoms with Gasteiger partial charge in [0.1, 0.15) is 6.54 Å². The molecule has 126 valence electrons. The fourth-order valence-electron chi connectivity index (χ4n) is 3.34. The fourth-order valence-corrected chi connectivity index (χ4v) is 3.34. The van der Waals surface area contributed by atoms with Crippen molar-refractivity contribution in [2.45, 2.75) is 63.8 Å². The molecule has 0 spiro atoms. The van der Waals surface area contributed by atoms with Crippen molar-refractivity contribution in [1.29, 1.82) is 0 Å². The number of nitrogens with one attached hydrogen (secondary N) is 2. The molecule has 0 aromatic carbocycles. The first-order chi connectivity index (χ1) is 10.6. The third kappa shape index (κ3) is 5.85. The summed E-state index contributed by atoms with van der Waals surface area (Å²) in [6.07, 6.45) is 11.8. The van der Waals surface area contributed by atoms with Crippen LogP contribution in [0.3, 0.4) is 0 Å².